The zero-order valence-corrected chi connectivity index (χ0v) is 11.6. The van der Waals surface area contributed by atoms with Gasteiger partial charge in [0, 0.05) is 22.6 Å². The van der Waals surface area contributed by atoms with Gasteiger partial charge in [-0.3, -0.25) is 0 Å². The van der Waals surface area contributed by atoms with Gasteiger partial charge in [-0.05, 0) is 31.0 Å². The topological polar surface area (TPSA) is 61.4 Å². The van der Waals surface area contributed by atoms with E-state index < -0.39 is 0 Å². The van der Waals surface area contributed by atoms with Gasteiger partial charge < -0.3 is 15.7 Å². The van der Waals surface area contributed by atoms with Crippen LogP contribution in [0.4, 0.5) is 4.79 Å². The Morgan fingerprint density at radius 2 is 2.00 bits per heavy atom. The molecule has 0 spiro atoms. The average Bonchev–Trinajstić information content (AvgIpc) is 2.31. The quantitative estimate of drug-likeness (QED) is 0.779. The van der Waals surface area contributed by atoms with Gasteiger partial charge in [-0.15, -0.1) is 0 Å². The van der Waals surface area contributed by atoms with Gasteiger partial charge in [-0.1, -0.05) is 29.3 Å². The van der Waals surface area contributed by atoms with Crippen molar-refractivity contribution in [1.29, 1.82) is 0 Å². The molecule has 1 rings (SSSR count). The van der Waals surface area contributed by atoms with Gasteiger partial charge in [0.1, 0.15) is 0 Å². The monoisotopic (exact) mass is 290 g/mol. The van der Waals surface area contributed by atoms with Crippen LogP contribution in [0.3, 0.4) is 0 Å². The van der Waals surface area contributed by atoms with Crippen LogP contribution in [0.5, 0.6) is 0 Å². The maximum Gasteiger partial charge on any atom is 0.315 e. The first-order valence-electron chi connectivity index (χ1n) is 5.62. The van der Waals surface area contributed by atoms with Crippen LogP contribution in [-0.2, 0) is 6.42 Å². The molecule has 0 radical (unpaired) electrons. The van der Waals surface area contributed by atoms with Gasteiger partial charge in [0.15, 0.2) is 0 Å². The van der Waals surface area contributed by atoms with Crippen molar-refractivity contribution in [2.45, 2.75) is 19.4 Å². The van der Waals surface area contributed by atoms with Gasteiger partial charge in [0.2, 0.25) is 0 Å². The van der Waals surface area contributed by atoms with Crippen molar-refractivity contribution in [3.05, 3.63) is 33.8 Å². The molecule has 1 atom stereocenters. The van der Waals surface area contributed by atoms with Crippen molar-refractivity contribution in [2.24, 2.45) is 0 Å². The van der Waals surface area contributed by atoms with Gasteiger partial charge in [0.25, 0.3) is 0 Å². The molecule has 0 aliphatic carbocycles. The summed E-state index contributed by atoms with van der Waals surface area (Å²) in [6.45, 7) is 2.00. The van der Waals surface area contributed by atoms with Crippen LogP contribution < -0.4 is 10.6 Å². The summed E-state index contributed by atoms with van der Waals surface area (Å²) in [5, 5.41) is 15.0. The molecular weight excluding hydrogens is 275 g/mol. The maximum atomic E-state index is 11.4. The molecule has 4 nitrogen and oxygen atoms in total. The third-order valence-corrected chi connectivity index (χ3v) is 3.06. The minimum absolute atomic E-state index is 0.0852. The highest BCUT2D eigenvalue weighted by atomic mass is 35.5. The molecule has 2 amide bonds. The van der Waals surface area contributed by atoms with E-state index in [1.54, 1.807) is 18.2 Å². The number of aliphatic hydroxyl groups is 1. The molecule has 1 unspecified atom stereocenters. The molecule has 0 saturated heterocycles. The van der Waals surface area contributed by atoms with Crippen molar-refractivity contribution >= 4 is 29.2 Å². The van der Waals surface area contributed by atoms with E-state index in [4.69, 9.17) is 28.3 Å². The first kappa shape index (κ1) is 15.1. The van der Waals surface area contributed by atoms with Crippen LogP contribution in [0.25, 0.3) is 0 Å². The SMILES string of the molecule is CC(Cc1c(Cl)cccc1Cl)NC(=O)NCCO. The lowest BCUT2D eigenvalue weighted by atomic mass is 10.1. The first-order valence-corrected chi connectivity index (χ1v) is 6.38. The highest BCUT2D eigenvalue weighted by Gasteiger charge is 2.12. The Kier molecular flexibility index (Phi) is 6.25. The fourth-order valence-corrected chi connectivity index (χ4v) is 2.08. The summed E-state index contributed by atoms with van der Waals surface area (Å²) in [4.78, 5) is 11.4. The second-order valence-corrected chi connectivity index (χ2v) is 4.74. The van der Waals surface area contributed by atoms with E-state index in [2.05, 4.69) is 10.6 Å². The fraction of sp³-hybridized carbons (Fsp3) is 0.417. The third-order valence-electron chi connectivity index (χ3n) is 2.35. The third kappa shape index (κ3) is 4.72. The Bertz CT molecular complexity index is 393. The van der Waals surface area contributed by atoms with Crippen LogP contribution in [0, 0.1) is 0 Å². The van der Waals surface area contributed by atoms with Crippen molar-refractivity contribution in [2.75, 3.05) is 13.2 Å². The number of carbonyl (C=O) groups is 1. The van der Waals surface area contributed by atoms with Crippen molar-refractivity contribution in [3.8, 4) is 0 Å². The molecule has 0 aliphatic rings. The minimum atomic E-state index is -0.320. The molecule has 0 bridgehead atoms. The van der Waals surface area contributed by atoms with Crippen molar-refractivity contribution in [1.82, 2.24) is 10.6 Å². The minimum Gasteiger partial charge on any atom is -0.395 e. The molecular formula is C12H16Cl2N2O2. The summed E-state index contributed by atoms with van der Waals surface area (Å²) >= 11 is 12.1. The lowest BCUT2D eigenvalue weighted by molar-refractivity contribution is 0.231. The second-order valence-electron chi connectivity index (χ2n) is 3.93. The van der Waals surface area contributed by atoms with Gasteiger partial charge in [-0.25, -0.2) is 4.79 Å². The number of benzene rings is 1. The predicted molar refractivity (Wildman–Crippen MR) is 73.2 cm³/mol. The maximum absolute atomic E-state index is 11.4. The van der Waals surface area contributed by atoms with Crippen LogP contribution in [0.15, 0.2) is 18.2 Å². The molecule has 18 heavy (non-hydrogen) atoms. The van der Waals surface area contributed by atoms with E-state index in [0.717, 1.165) is 5.56 Å². The zero-order valence-electron chi connectivity index (χ0n) is 10.0. The number of hydrogen-bond acceptors (Lipinski definition) is 2. The number of carbonyl (C=O) groups excluding carboxylic acids is 1. The molecule has 100 valence electrons. The zero-order chi connectivity index (χ0) is 13.5. The lowest BCUT2D eigenvalue weighted by Gasteiger charge is -2.16. The molecule has 6 heteroatoms. The molecule has 0 fully saturated rings. The van der Waals surface area contributed by atoms with Gasteiger partial charge in [-0.2, -0.15) is 0 Å². The van der Waals surface area contributed by atoms with E-state index in [9.17, 15) is 4.79 Å². The summed E-state index contributed by atoms with van der Waals surface area (Å²) in [6, 6.07) is 4.88. The van der Waals surface area contributed by atoms with Gasteiger partial charge in [0.05, 0.1) is 6.61 Å². The highest BCUT2D eigenvalue weighted by Crippen LogP contribution is 2.25. The number of aliphatic hydroxyl groups excluding tert-OH is 1. The number of nitrogens with one attached hydrogen (secondary N) is 2. The Balaban J connectivity index is 2.54. The summed E-state index contributed by atoms with van der Waals surface area (Å²) < 4.78 is 0. The molecule has 1 aromatic carbocycles. The Labute approximate surface area is 116 Å². The number of urea groups is 1. The number of amides is 2. The van der Waals surface area contributed by atoms with Crippen LogP contribution in [-0.4, -0.2) is 30.3 Å². The van der Waals surface area contributed by atoms with Crippen LogP contribution in [0.2, 0.25) is 10.0 Å². The number of halogens is 2. The molecule has 3 N–H and O–H groups in total. The van der Waals surface area contributed by atoms with Crippen molar-refractivity contribution in [3.63, 3.8) is 0 Å². The highest BCUT2D eigenvalue weighted by molar-refractivity contribution is 6.36. The second kappa shape index (κ2) is 7.46. The summed E-state index contributed by atoms with van der Waals surface area (Å²) in [5.41, 5.74) is 0.816. The van der Waals surface area contributed by atoms with Crippen LogP contribution >= 0.6 is 23.2 Å². The Morgan fingerprint density at radius 3 is 2.56 bits per heavy atom. The van der Waals surface area contributed by atoms with E-state index >= 15 is 0 Å². The fourth-order valence-electron chi connectivity index (χ4n) is 1.53. The van der Waals surface area contributed by atoms with E-state index in [0.29, 0.717) is 16.5 Å². The van der Waals surface area contributed by atoms with Crippen molar-refractivity contribution < 1.29 is 9.90 Å². The Morgan fingerprint density at radius 1 is 1.39 bits per heavy atom. The first-order chi connectivity index (χ1) is 8.54. The normalized spacial score (nSPS) is 12.0. The molecule has 1 aromatic rings. The molecule has 0 aliphatic heterocycles. The number of rotatable bonds is 5. The standard InChI is InChI=1S/C12H16Cl2N2O2/c1-8(16-12(18)15-5-6-17)7-9-10(13)3-2-4-11(9)14/h2-4,8,17H,5-7H2,1H3,(H2,15,16,18). The molecule has 0 saturated carbocycles. The van der Waals surface area contributed by atoms with Gasteiger partial charge >= 0.3 is 6.03 Å². The average molecular weight is 291 g/mol. The lowest BCUT2D eigenvalue weighted by Crippen LogP contribution is -2.42. The molecule has 0 heterocycles. The number of hydrogen-bond donors (Lipinski definition) is 3. The van der Waals surface area contributed by atoms with Crippen LogP contribution in [0.1, 0.15) is 12.5 Å². The summed E-state index contributed by atoms with van der Waals surface area (Å²) in [5.74, 6) is 0. The summed E-state index contributed by atoms with van der Waals surface area (Å²) in [7, 11) is 0. The van der Waals surface area contributed by atoms with E-state index in [1.165, 1.54) is 0 Å². The van der Waals surface area contributed by atoms with E-state index in [-0.39, 0.29) is 25.2 Å². The predicted octanol–water partition coefficient (Wildman–Crippen LogP) is 2.22. The summed E-state index contributed by atoms with van der Waals surface area (Å²) in [6.07, 6.45) is 0.547. The smallest absolute Gasteiger partial charge is 0.315 e. The molecule has 0 aromatic heterocycles. The largest absolute Gasteiger partial charge is 0.395 e. The Hall–Kier alpha value is -0.970. The van der Waals surface area contributed by atoms with E-state index in [1.807, 2.05) is 6.92 Å².